The van der Waals surface area contributed by atoms with Gasteiger partial charge < -0.3 is 14.0 Å². The summed E-state index contributed by atoms with van der Waals surface area (Å²) in [5, 5.41) is 0. The molecule has 0 amide bonds. The van der Waals surface area contributed by atoms with Crippen molar-refractivity contribution in [3.8, 4) is 5.75 Å². The second-order valence-corrected chi connectivity index (χ2v) is 10.6. The molecule has 0 radical (unpaired) electrons. The van der Waals surface area contributed by atoms with E-state index in [1.54, 1.807) is 0 Å². The van der Waals surface area contributed by atoms with Gasteiger partial charge in [0.2, 0.25) is 6.79 Å². The lowest BCUT2D eigenvalue weighted by Crippen LogP contribution is -2.40. The number of para-hydroxylation sites is 1. The first-order valence-electron chi connectivity index (χ1n) is 13.6. The molecule has 35 heavy (non-hydrogen) atoms. The Labute approximate surface area is 214 Å². The maximum atomic E-state index is 12.5. The molecule has 2 aromatic carbocycles. The summed E-state index contributed by atoms with van der Waals surface area (Å²) in [4.78, 5) is 12.5. The summed E-state index contributed by atoms with van der Waals surface area (Å²) >= 11 is 0. The van der Waals surface area contributed by atoms with Crippen molar-refractivity contribution < 1.29 is 18.8 Å². The van der Waals surface area contributed by atoms with Crippen LogP contribution in [0.1, 0.15) is 82.8 Å². The largest absolute Gasteiger partial charge is 0.457 e. The molecule has 0 saturated heterocycles. The van der Waals surface area contributed by atoms with Gasteiger partial charge in [0, 0.05) is 12.0 Å². The summed E-state index contributed by atoms with van der Waals surface area (Å²) in [6.45, 7) is 6.03. The van der Waals surface area contributed by atoms with E-state index in [2.05, 4.69) is 57.4 Å². The van der Waals surface area contributed by atoms with Crippen molar-refractivity contribution in [3.05, 3.63) is 65.7 Å². The Morgan fingerprint density at radius 3 is 2.20 bits per heavy atom. The molecule has 2 rings (SSSR count). The Morgan fingerprint density at radius 1 is 0.857 bits per heavy atom. The molecule has 0 aliphatic carbocycles. The first-order valence-corrected chi connectivity index (χ1v) is 13.6. The van der Waals surface area contributed by atoms with Gasteiger partial charge in [0.15, 0.2) is 0 Å². The van der Waals surface area contributed by atoms with Gasteiger partial charge in [-0.15, -0.1) is 0 Å². The van der Waals surface area contributed by atoms with E-state index in [-0.39, 0.29) is 18.7 Å². The quantitative estimate of drug-likeness (QED) is 0.0952. The number of benzene rings is 2. The molecule has 0 N–H and O–H groups in total. The van der Waals surface area contributed by atoms with Crippen LogP contribution in [0.2, 0.25) is 0 Å². The SMILES string of the molecule is CCCCCCCCCCc1ccccc1OCOC(=O)C(C)CC[N+](C)(C)Cc1ccccc1. The van der Waals surface area contributed by atoms with Gasteiger partial charge in [-0.25, -0.2) is 0 Å². The number of carbonyl (C=O) groups is 1. The van der Waals surface area contributed by atoms with E-state index in [1.807, 2.05) is 25.1 Å². The predicted octanol–water partition coefficient (Wildman–Crippen LogP) is 7.55. The van der Waals surface area contributed by atoms with Crippen LogP contribution in [0.5, 0.6) is 5.75 Å². The monoisotopic (exact) mass is 482 g/mol. The van der Waals surface area contributed by atoms with Gasteiger partial charge in [-0.2, -0.15) is 0 Å². The molecule has 0 fully saturated rings. The minimum Gasteiger partial charge on any atom is -0.457 e. The Kier molecular flexibility index (Phi) is 13.5. The number of hydrogen-bond acceptors (Lipinski definition) is 3. The summed E-state index contributed by atoms with van der Waals surface area (Å²) in [6.07, 6.45) is 12.3. The van der Waals surface area contributed by atoms with Crippen LogP contribution in [0.4, 0.5) is 0 Å². The molecule has 4 heteroatoms. The van der Waals surface area contributed by atoms with Crippen LogP contribution >= 0.6 is 0 Å². The summed E-state index contributed by atoms with van der Waals surface area (Å²) in [7, 11) is 4.41. The zero-order valence-corrected chi connectivity index (χ0v) is 22.6. The maximum absolute atomic E-state index is 12.5. The number of carbonyl (C=O) groups excluding carboxylic acids is 1. The van der Waals surface area contributed by atoms with E-state index in [0.29, 0.717) is 0 Å². The molecule has 0 aromatic heterocycles. The third-order valence-corrected chi connectivity index (χ3v) is 6.71. The molecule has 194 valence electrons. The van der Waals surface area contributed by atoms with E-state index >= 15 is 0 Å². The van der Waals surface area contributed by atoms with Crippen molar-refractivity contribution in [2.75, 3.05) is 27.4 Å². The number of unbranched alkanes of at least 4 members (excludes halogenated alkanes) is 7. The molecular weight excluding hydrogens is 434 g/mol. The molecule has 0 aliphatic rings. The second kappa shape index (κ2) is 16.4. The second-order valence-electron chi connectivity index (χ2n) is 10.6. The van der Waals surface area contributed by atoms with Gasteiger partial charge in [0.1, 0.15) is 12.3 Å². The van der Waals surface area contributed by atoms with Crippen LogP contribution in [0.3, 0.4) is 0 Å². The van der Waals surface area contributed by atoms with Crippen molar-refractivity contribution in [2.24, 2.45) is 5.92 Å². The molecule has 4 nitrogen and oxygen atoms in total. The lowest BCUT2D eigenvalue weighted by atomic mass is 10.0. The molecule has 2 aromatic rings. The molecular formula is C31H48NO3+. The number of rotatable bonds is 18. The summed E-state index contributed by atoms with van der Waals surface area (Å²) in [5.41, 5.74) is 2.51. The molecule has 1 unspecified atom stereocenters. The minimum atomic E-state index is -0.190. The lowest BCUT2D eigenvalue weighted by Gasteiger charge is -2.30. The van der Waals surface area contributed by atoms with E-state index in [0.717, 1.165) is 36.2 Å². The van der Waals surface area contributed by atoms with Crippen molar-refractivity contribution >= 4 is 5.97 Å². The number of hydrogen-bond donors (Lipinski definition) is 0. The van der Waals surface area contributed by atoms with Gasteiger partial charge in [-0.1, -0.05) is 107 Å². The topological polar surface area (TPSA) is 35.5 Å². The van der Waals surface area contributed by atoms with Crippen molar-refractivity contribution in [1.29, 1.82) is 0 Å². The number of ether oxygens (including phenoxy) is 2. The van der Waals surface area contributed by atoms with Gasteiger partial charge in [-0.3, -0.25) is 4.79 Å². The number of esters is 1. The lowest BCUT2D eigenvalue weighted by molar-refractivity contribution is -0.904. The van der Waals surface area contributed by atoms with E-state index in [1.165, 1.54) is 62.5 Å². The smallest absolute Gasteiger partial charge is 0.311 e. The van der Waals surface area contributed by atoms with Gasteiger partial charge in [0.05, 0.1) is 26.6 Å². The fourth-order valence-electron chi connectivity index (χ4n) is 4.41. The van der Waals surface area contributed by atoms with Crippen LogP contribution in [0, 0.1) is 5.92 Å². The number of aryl methyl sites for hydroxylation is 1. The standard InChI is InChI=1S/C31H48NO3/c1-5-6-7-8-9-10-11-15-20-29-21-16-17-22-30(29)34-26-35-31(33)27(2)23-24-32(3,4)25-28-18-13-12-14-19-28/h12-14,16-19,21-22,27H,5-11,15,20,23-26H2,1-4H3/q+1. The Balaban J connectivity index is 1.67. The predicted molar refractivity (Wildman–Crippen MR) is 145 cm³/mol. The molecule has 0 saturated carbocycles. The average molecular weight is 483 g/mol. The molecule has 0 aliphatic heterocycles. The summed E-state index contributed by atoms with van der Waals surface area (Å²) < 4.78 is 12.2. The van der Waals surface area contributed by atoms with Gasteiger partial charge in [-0.05, 0) is 24.5 Å². The third-order valence-electron chi connectivity index (χ3n) is 6.71. The summed E-state index contributed by atoms with van der Waals surface area (Å²) in [5.74, 6) is 0.487. The zero-order chi connectivity index (χ0) is 25.4. The highest BCUT2D eigenvalue weighted by molar-refractivity contribution is 5.71. The van der Waals surface area contributed by atoms with Crippen LogP contribution in [-0.2, 0) is 22.5 Å². The van der Waals surface area contributed by atoms with Crippen LogP contribution < -0.4 is 4.74 Å². The fourth-order valence-corrected chi connectivity index (χ4v) is 4.41. The zero-order valence-electron chi connectivity index (χ0n) is 22.6. The number of nitrogens with zero attached hydrogens (tertiary/aromatic N) is 1. The van der Waals surface area contributed by atoms with Crippen LogP contribution in [0.25, 0.3) is 0 Å². The molecule has 0 spiro atoms. The van der Waals surface area contributed by atoms with E-state index < -0.39 is 0 Å². The first kappa shape index (κ1) is 28.9. The van der Waals surface area contributed by atoms with Gasteiger partial charge >= 0.3 is 5.97 Å². The fraction of sp³-hybridized carbons (Fsp3) is 0.581. The molecule has 1 atom stereocenters. The van der Waals surface area contributed by atoms with Crippen molar-refractivity contribution in [2.45, 2.75) is 84.6 Å². The van der Waals surface area contributed by atoms with E-state index in [4.69, 9.17) is 9.47 Å². The normalized spacial score (nSPS) is 12.3. The van der Waals surface area contributed by atoms with Crippen LogP contribution in [-0.4, -0.2) is 37.9 Å². The van der Waals surface area contributed by atoms with Crippen molar-refractivity contribution in [3.63, 3.8) is 0 Å². The highest BCUT2D eigenvalue weighted by Gasteiger charge is 2.22. The van der Waals surface area contributed by atoms with E-state index in [9.17, 15) is 4.79 Å². The van der Waals surface area contributed by atoms with Crippen LogP contribution in [0.15, 0.2) is 54.6 Å². The Hall–Kier alpha value is -2.33. The first-order chi connectivity index (χ1) is 16.9. The van der Waals surface area contributed by atoms with Gasteiger partial charge in [0.25, 0.3) is 0 Å². The average Bonchev–Trinajstić information content (AvgIpc) is 2.85. The third kappa shape index (κ3) is 12.3. The minimum absolute atomic E-state index is 0.0279. The highest BCUT2D eigenvalue weighted by Crippen LogP contribution is 2.21. The maximum Gasteiger partial charge on any atom is 0.311 e. The summed E-state index contributed by atoms with van der Waals surface area (Å²) in [6, 6.07) is 18.6. The van der Waals surface area contributed by atoms with Crippen molar-refractivity contribution in [1.82, 2.24) is 0 Å². The Morgan fingerprint density at radius 2 is 1.49 bits per heavy atom. The molecule has 0 heterocycles. The molecule has 0 bridgehead atoms. The highest BCUT2D eigenvalue weighted by atomic mass is 16.7. The number of quaternary nitrogens is 1. The Bertz CT molecular complexity index is 834.